The molecule has 0 spiro atoms. The van der Waals surface area contributed by atoms with Crippen molar-refractivity contribution in [3.05, 3.63) is 22.7 Å². The lowest BCUT2D eigenvalue weighted by Crippen LogP contribution is -2.09. The van der Waals surface area contributed by atoms with E-state index in [2.05, 4.69) is 40.3 Å². The maximum Gasteiger partial charge on any atom is 0.188 e. The summed E-state index contributed by atoms with van der Waals surface area (Å²) >= 11 is 5.23. The van der Waals surface area contributed by atoms with E-state index in [1.807, 2.05) is 12.1 Å². The summed E-state index contributed by atoms with van der Waals surface area (Å²) in [5, 5.41) is 0. The zero-order chi connectivity index (χ0) is 12.7. The van der Waals surface area contributed by atoms with Crippen LogP contribution >= 0.6 is 27.9 Å². The van der Waals surface area contributed by atoms with Gasteiger partial charge in [-0.3, -0.25) is 0 Å². The molecule has 0 aliphatic heterocycles. The summed E-state index contributed by atoms with van der Waals surface area (Å²) in [6.45, 7) is 3.51. The number of halogens is 1. The summed E-state index contributed by atoms with van der Waals surface area (Å²) in [7, 11) is 3.70. The number of methoxy groups -OCH3 is 1. The Bertz CT molecular complexity index is 349. The zero-order valence-corrected chi connectivity index (χ0v) is 12.8. The topological polar surface area (TPSA) is 21.7 Å². The Morgan fingerprint density at radius 2 is 2.18 bits per heavy atom. The van der Waals surface area contributed by atoms with Crippen molar-refractivity contribution in [3.8, 4) is 5.75 Å². The normalized spacial score (nSPS) is 10.9. The molecule has 0 radical (unpaired) electrons. The van der Waals surface area contributed by atoms with Crippen molar-refractivity contribution in [3.63, 3.8) is 0 Å². The molecule has 0 unspecified atom stereocenters. The molecule has 17 heavy (non-hydrogen) atoms. The highest BCUT2D eigenvalue weighted by Gasteiger charge is 2.05. The third-order valence-corrected chi connectivity index (χ3v) is 3.61. The number of benzene rings is 1. The number of ether oxygens (including phenoxy) is 2. The van der Waals surface area contributed by atoms with Crippen molar-refractivity contribution in [2.75, 3.05) is 27.5 Å². The Balaban J connectivity index is 2.61. The minimum atomic E-state index is 0.265. The van der Waals surface area contributed by atoms with Gasteiger partial charge in [-0.05, 0) is 59.5 Å². The van der Waals surface area contributed by atoms with Crippen molar-refractivity contribution in [1.29, 1.82) is 0 Å². The van der Waals surface area contributed by atoms with E-state index >= 15 is 0 Å². The van der Waals surface area contributed by atoms with Gasteiger partial charge in [-0.2, -0.15) is 0 Å². The predicted molar refractivity (Wildman–Crippen MR) is 75.4 cm³/mol. The Morgan fingerprint density at radius 1 is 1.41 bits per heavy atom. The van der Waals surface area contributed by atoms with Crippen LogP contribution in [0.25, 0.3) is 0 Å². The first kappa shape index (κ1) is 14.8. The van der Waals surface area contributed by atoms with Gasteiger partial charge in [0.2, 0.25) is 0 Å². The monoisotopic (exact) mass is 319 g/mol. The van der Waals surface area contributed by atoms with Crippen LogP contribution in [0.1, 0.15) is 13.3 Å². The maximum absolute atomic E-state index is 5.40. The molecule has 0 heterocycles. The van der Waals surface area contributed by atoms with E-state index in [4.69, 9.17) is 9.47 Å². The maximum atomic E-state index is 5.40. The number of hydrogen-bond donors (Lipinski definition) is 0. The molecule has 3 nitrogen and oxygen atoms in total. The minimum absolute atomic E-state index is 0.265. The second-order valence-corrected chi connectivity index (χ2v) is 5.72. The fraction of sp³-hybridized carbons (Fsp3) is 0.500. The summed E-state index contributed by atoms with van der Waals surface area (Å²) in [5.41, 5.74) is 0. The second-order valence-electron chi connectivity index (χ2n) is 3.59. The van der Waals surface area contributed by atoms with E-state index in [0.717, 1.165) is 23.2 Å². The quantitative estimate of drug-likeness (QED) is 0.563. The van der Waals surface area contributed by atoms with Crippen molar-refractivity contribution in [2.45, 2.75) is 18.2 Å². The number of rotatable bonds is 7. The van der Waals surface area contributed by atoms with Gasteiger partial charge in [0, 0.05) is 18.6 Å². The average molecular weight is 320 g/mol. The van der Waals surface area contributed by atoms with Crippen molar-refractivity contribution >= 4 is 27.9 Å². The summed E-state index contributed by atoms with van der Waals surface area (Å²) in [6, 6.07) is 6.06. The van der Waals surface area contributed by atoms with Crippen LogP contribution in [0.3, 0.4) is 0 Å². The lowest BCUT2D eigenvalue weighted by atomic mass is 10.3. The van der Waals surface area contributed by atoms with Crippen molar-refractivity contribution in [1.82, 2.24) is 4.31 Å². The van der Waals surface area contributed by atoms with E-state index in [1.54, 1.807) is 19.1 Å². The van der Waals surface area contributed by atoms with E-state index in [1.165, 1.54) is 4.90 Å². The third-order valence-electron chi connectivity index (χ3n) is 2.04. The predicted octanol–water partition coefficient (Wildman–Crippen LogP) is 3.78. The molecule has 0 N–H and O–H groups in total. The average Bonchev–Trinajstić information content (AvgIpc) is 2.28. The highest BCUT2D eigenvalue weighted by molar-refractivity contribution is 9.10. The van der Waals surface area contributed by atoms with Gasteiger partial charge in [-0.1, -0.05) is 6.92 Å². The Morgan fingerprint density at radius 3 is 2.76 bits per heavy atom. The van der Waals surface area contributed by atoms with Gasteiger partial charge < -0.3 is 9.47 Å². The first-order chi connectivity index (χ1) is 8.17. The van der Waals surface area contributed by atoms with Crippen LogP contribution in [0.4, 0.5) is 0 Å². The van der Waals surface area contributed by atoms with Crippen LogP contribution in [0.15, 0.2) is 27.6 Å². The van der Waals surface area contributed by atoms with Gasteiger partial charge in [0.1, 0.15) is 5.75 Å². The minimum Gasteiger partial charge on any atom is -0.466 e. The van der Waals surface area contributed by atoms with Crippen molar-refractivity contribution < 1.29 is 9.47 Å². The third kappa shape index (κ3) is 5.29. The molecule has 1 aromatic carbocycles. The summed E-state index contributed by atoms with van der Waals surface area (Å²) in [6.07, 6.45) is 1.15. The molecule has 0 saturated heterocycles. The molecular formula is C12H18BrNO2S. The van der Waals surface area contributed by atoms with Gasteiger partial charge in [-0.15, -0.1) is 0 Å². The summed E-state index contributed by atoms with van der Waals surface area (Å²) in [5.74, 6) is 0.800. The molecule has 1 aromatic rings. The van der Waals surface area contributed by atoms with E-state index in [0.29, 0.717) is 0 Å². The lowest BCUT2D eigenvalue weighted by Gasteiger charge is -2.15. The molecule has 0 aliphatic rings. The first-order valence-corrected chi connectivity index (χ1v) is 7.04. The van der Waals surface area contributed by atoms with Crippen LogP contribution in [0.5, 0.6) is 5.75 Å². The molecule has 0 aliphatic carbocycles. The van der Waals surface area contributed by atoms with E-state index < -0.39 is 0 Å². The lowest BCUT2D eigenvalue weighted by molar-refractivity contribution is 0.0505. The molecule has 0 saturated carbocycles. The summed E-state index contributed by atoms with van der Waals surface area (Å²) in [4.78, 5) is 1.19. The molecule has 1 rings (SSSR count). The van der Waals surface area contributed by atoms with Crippen LogP contribution in [-0.2, 0) is 4.74 Å². The van der Waals surface area contributed by atoms with Gasteiger partial charge >= 0.3 is 0 Å². The SMILES string of the molecule is CCCN(C)Sc1ccc(OCOC)c(Br)c1. The molecule has 0 fully saturated rings. The van der Waals surface area contributed by atoms with E-state index in [-0.39, 0.29) is 6.79 Å². The molecule has 0 aromatic heterocycles. The fourth-order valence-corrected chi connectivity index (χ4v) is 2.90. The standard InChI is InChI=1S/C12H18BrNO2S/c1-4-7-14(2)17-10-5-6-12(11(13)8-10)16-9-15-3/h5-6,8H,4,7,9H2,1-3H3. The Kier molecular flexibility index (Phi) is 6.96. The van der Waals surface area contributed by atoms with Gasteiger partial charge in [0.05, 0.1) is 4.47 Å². The molecule has 5 heteroatoms. The molecule has 0 amide bonds. The van der Waals surface area contributed by atoms with E-state index in [9.17, 15) is 0 Å². The van der Waals surface area contributed by atoms with Crippen LogP contribution in [0.2, 0.25) is 0 Å². The second kappa shape index (κ2) is 7.97. The summed E-state index contributed by atoms with van der Waals surface area (Å²) < 4.78 is 13.4. The molecule has 0 atom stereocenters. The van der Waals surface area contributed by atoms with Gasteiger partial charge in [0.15, 0.2) is 6.79 Å². The van der Waals surface area contributed by atoms with Crippen LogP contribution in [-0.4, -0.2) is 31.8 Å². The highest BCUT2D eigenvalue weighted by Crippen LogP contribution is 2.31. The fourth-order valence-electron chi connectivity index (χ4n) is 1.32. The van der Waals surface area contributed by atoms with Gasteiger partial charge in [-0.25, -0.2) is 4.31 Å². The number of hydrogen-bond acceptors (Lipinski definition) is 4. The highest BCUT2D eigenvalue weighted by atomic mass is 79.9. The smallest absolute Gasteiger partial charge is 0.188 e. The van der Waals surface area contributed by atoms with Gasteiger partial charge in [0.25, 0.3) is 0 Å². The Labute approximate surface area is 116 Å². The first-order valence-electron chi connectivity index (χ1n) is 5.47. The number of nitrogens with zero attached hydrogens (tertiary/aromatic N) is 1. The van der Waals surface area contributed by atoms with Crippen molar-refractivity contribution in [2.24, 2.45) is 0 Å². The molecule has 96 valence electrons. The Hall–Kier alpha value is -0.230. The largest absolute Gasteiger partial charge is 0.466 e. The van der Waals surface area contributed by atoms with Crippen LogP contribution < -0.4 is 4.74 Å². The molecular weight excluding hydrogens is 302 g/mol. The van der Waals surface area contributed by atoms with Crippen LogP contribution in [0, 0.1) is 0 Å². The zero-order valence-electron chi connectivity index (χ0n) is 10.4. The molecule has 0 bridgehead atoms.